The summed E-state index contributed by atoms with van der Waals surface area (Å²) in [5, 5.41) is 2.97. The molecule has 0 aromatic carbocycles. The van der Waals surface area contributed by atoms with Crippen LogP contribution in [0.4, 0.5) is 0 Å². The third-order valence-corrected chi connectivity index (χ3v) is 4.53. The molecule has 2 N–H and O–H groups in total. The van der Waals surface area contributed by atoms with E-state index < -0.39 is 0 Å². The molecule has 1 aromatic heterocycles. The first-order valence-corrected chi connectivity index (χ1v) is 7.51. The van der Waals surface area contributed by atoms with E-state index >= 15 is 0 Å². The summed E-state index contributed by atoms with van der Waals surface area (Å²) in [4.78, 5) is 22.5. The van der Waals surface area contributed by atoms with Gasteiger partial charge in [0, 0.05) is 24.7 Å². The minimum Gasteiger partial charge on any atom is -0.350 e. The minimum atomic E-state index is -0.0344. The SMILES string of the molecule is CN1CCCC1Cc1nc2c([nH]1)CC(C)(C)CNC2=O. The summed E-state index contributed by atoms with van der Waals surface area (Å²) in [7, 11) is 2.17. The highest BCUT2D eigenvalue weighted by Gasteiger charge is 2.30. The zero-order chi connectivity index (χ0) is 14.3. The monoisotopic (exact) mass is 276 g/mol. The van der Waals surface area contributed by atoms with Gasteiger partial charge in [0.25, 0.3) is 5.91 Å². The molecule has 1 saturated heterocycles. The van der Waals surface area contributed by atoms with E-state index in [0.717, 1.165) is 24.4 Å². The highest BCUT2D eigenvalue weighted by Crippen LogP contribution is 2.26. The largest absolute Gasteiger partial charge is 0.350 e. The lowest BCUT2D eigenvalue weighted by Crippen LogP contribution is -2.32. The van der Waals surface area contributed by atoms with Gasteiger partial charge in [-0.25, -0.2) is 4.98 Å². The molecule has 2 aliphatic rings. The van der Waals surface area contributed by atoms with Crippen molar-refractivity contribution in [2.45, 2.75) is 45.6 Å². The molecule has 1 fully saturated rings. The molecule has 1 unspecified atom stereocenters. The first-order chi connectivity index (χ1) is 9.44. The Hall–Kier alpha value is -1.36. The Morgan fingerprint density at radius 3 is 2.95 bits per heavy atom. The number of nitrogens with zero attached hydrogens (tertiary/aromatic N) is 2. The van der Waals surface area contributed by atoms with Gasteiger partial charge >= 0.3 is 0 Å². The topological polar surface area (TPSA) is 61.0 Å². The lowest BCUT2D eigenvalue weighted by Gasteiger charge is -2.21. The van der Waals surface area contributed by atoms with Crippen molar-refractivity contribution >= 4 is 5.91 Å². The van der Waals surface area contributed by atoms with Gasteiger partial charge in [0.05, 0.1) is 0 Å². The highest BCUT2D eigenvalue weighted by atomic mass is 16.1. The number of fused-ring (bicyclic) bond motifs is 1. The number of H-pyrrole nitrogens is 1. The smallest absolute Gasteiger partial charge is 0.271 e. The molecule has 0 saturated carbocycles. The predicted molar refractivity (Wildman–Crippen MR) is 77.8 cm³/mol. The molecule has 2 aliphatic heterocycles. The summed E-state index contributed by atoms with van der Waals surface area (Å²) in [5.41, 5.74) is 1.68. The third kappa shape index (κ3) is 2.59. The Morgan fingerprint density at radius 1 is 1.45 bits per heavy atom. The number of hydrogen-bond acceptors (Lipinski definition) is 3. The number of carbonyl (C=O) groups is 1. The van der Waals surface area contributed by atoms with Crippen molar-refractivity contribution < 1.29 is 4.79 Å². The maximum atomic E-state index is 12.1. The van der Waals surface area contributed by atoms with Crippen LogP contribution < -0.4 is 5.32 Å². The van der Waals surface area contributed by atoms with Gasteiger partial charge in [0.1, 0.15) is 11.5 Å². The van der Waals surface area contributed by atoms with Crippen LogP contribution in [0.1, 0.15) is 48.7 Å². The first kappa shape index (κ1) is 13.6. The fraction of sp³-hybridized carbons (Fsp3) is 0.733. The van der Waals surface area contributed by atoms with Crippen LogP contribution in [0.3, 0.4) is 0 Å². The Bertz CT molecular complexity index is 520. The summed E-state index contributed by atoms with van der Waals surface area (Å²) in [6, 6.07) is 0.556. The molecule has 1 atom stereocenters. The first-order valence-electron chi connectivity index (χ1n) is 7.51. The molecule has 0 bridgehead atoms. The van der Waals surface area contributed by atoms with Crippen molar-refractivity contribution in [2.75, 3.05) is 20.1 Å². The number of amides is 1. The summed E-state index contributed by atoms with van der Waals surface area (Å²) < 4.78 is 0. The van der Waals surface area contributed by atoms with Gasteiger partial charge in [-0.3, -0.25) is 4.79 Å². The minimum absolute atomic E-state index is 0.0344. The van der Waals surface area contributed by atoms with Gasteiger partial charge in [-0.05, 0) is 38.3 Å². The van der Waals surface area contributed by atoms with Crippen LogP contribution in [0.2, 0.25) is 0 Å². The van der Waals surface area contributed by atoms with Gasteiger partial charge in [0.2, 0.25) is 0 Å². The number of nitrogens with one attached hydrogen (secondary N) is 2. The molecule has 0 spiro atoms. The molecule has 0 radical (unpaired) electrons. The number of likely N-dealkylation sites (tertiary alicyclic amines) is 1. The second kappa shape index (κ2) is 4.88. The Morgan fingerprint density at radius 2 is 2.25 bits per heavy atom. The zero-order valence-corrected chi connectivity index (χ0v) is 12.6. The molecular formula is C15H24N4O. The van der Waals surface area contributed by atoms with Crippen LogP contribution in [-0.4, -0.2) is 47.0 Å². The van der Waals surface area contributed by atoms with Gasteiger partial charge in [0.15, 0.2) is 0 Å². The molecule has 110 valence electrons. The molecule has 5 heteroatoms. The highest BCUT2D eigenvalue weighted by molar-refractivity contribution is 5.93. The van der Waals surface area contributed by atoms with Crippen molar-refractivity contribution in [3.63, 3.8) is 0 Å². The van der Waals surface area contributed by atoms with Crippen LogP contribution in [-0.2, 0) is 12.8 Å². The quantitative estimate of drug-likeness (QED) is 0.857. The van der Waals surface area contributed by atoms with Gasteiger partial charge in [-0.1, -0.05) is 13.8 Å². The van der Waals surface area contributed by atoms with E-state index in [-0.39, 0.29) is 11.3 Å². The number of aromatic amines is 1. The number of rotatable bonds is 2. The van der Waals surface area contributed by atoms with Gasteiger partial charge < -0.3 is 15.2 Å². The van der Waals surface area contributed by atoms with E-state index in [2.05, 4.69) is 41.1 Å². The Labute approximate surface area is 120 Å². The fourth-order valence-electron chi connectivity index (χ4n) is 3.28. The van der Waals surface area contributed by atoms with Crippen molar-refractivity contribution in [3.8, 4) is 0 Å². The van der Waals surface area contributed by atoms with Crippen LogP contribution in [0, 0.1) is 5.41 Å². The van der Waals surface area contributed by atoms with E-state index in [1.54, 1.807) is 0 Å². The van der Waals surface area contributed by atoms with Crippen LogP contribution in [0.25, 0.3) is 0 Å². The number of aromatic nitrogens is 2. The Balaban J connectivity index is 1.82. The zero-order valence-electron chi connectivity index (χ0n) is 12.6. The average Bonchev–Trinajstić information content (AvgIpc) is 2.92. The fourth-order valence-corrected chi connectivity index (χ4v) is 3.28. The second-order valence-electron chi connectivity index (χ2n) is 7.02. The summed E-state index contributed by atoms with van der Waals surface area (Å²) >= 11 is 0. The Kier molecular flexibility index (Phi) is 3.32. The summed E-state index contributed by atoms with van der Waals surface area (Å²) in [5.74, 6) is 0.925. The van der Waals surface area contributed by atoms with E-state index in [1.165, 1.54) is 19.4 Å². The number of imidazole rings is 1. The molecule has 3 rings (SSSR count). The summed E-state index contributed by atoms with van der Waals surface area (Å²) in [6.07, 6.45) is 4.26. The molecule has 5 nitrogen and oxygen atoms in total. The normalized spacial score (nSPS) is 26.1. The lowest BCUT2D eigenvalue weighted by atomic mass is 9.88. The van der Waals surface area contributed by atoms with E-state index in [1.807, 2.05) is 0 Å². The van der Waals surface area contributed by atoms with Crippen molar-refractivity contribution in [1.82, 2.24) is 20.2 Å². The van der Waals surface area contributed by atoms with Gasteiger partial charge in [-0.2, -0.15) is 0 Å². The molecule has 1 amide bonds. The lowest BCUT2D eigenvalue weighted by molar-refractivity contribution is 0.0940. The van der Waals surface area contributed by atoms with Gasteiger partial charge in [-0.15, -0.1) is 0 Å². The molecule has 3 heterocycles. The van der Waals surface area contributed by atoms with E-state index in [0.29, 0.717) is 18.3 Å². The number of carbonyl (C=O) groups excluding carboxylic acids is 1. The standard InChI is InChI=1S/C15H24N4O/c1-15(2)8-11-13(14(20)16-9-15)18-12(17-11)7-10-5-4-6-19(10)3/h10H,4-9H2,1-3H3,(H,16,20)(H,17,18). The van der Waals surface area contributed by atoms with E-state index in [4.69, 9.17) is 0 Å². The van der Waals surface area contributed by atoms with Crippen LogP contribution in [0.5, 0.6) is 0 Å². The van der Waals surface area contributed by atoms with Crippen LogP contribution in [0.15, 0.2) is 0 Å². The number of likely N-dealkylation sites (N-methyl/N-ethyl adjacent to an activating group) is 1. The third-order valence-electron chi connectivity index (χ3n) is 4.53. The second-order valence-corrected chi connectivity index (χ2v) is 7.02. The maximum absolute atomic E-state index is 12.1. The van der Waals surface area contributed by atoms with Crippen molar-refractivity contribution in [3.05, 3.63) is 17.2 Å². The molecule has 20 heavy (non-hydrogen) atoms. The maximum Gasteiger partial charge on any atom is 0.271 e. The summed E-state index contributed by atoms with van der Waals surface area (Å²) in [6.45, 7) is 6.22. The van der Waals surface area contributed by atoms with E-state index in [9.17, 15) is 4.79 Å². The predicted octanol–water partition coefficient (Wildman–Crippen LogP) is 1.36. The average molecular weight is 276 g/mol. The van der Waals surface area contributed by atoms with Crippen LogP contribution >= 0.6 is 0 Å². The molecular weight excluding hydrogens is 252 g/mol. The molecule has 1 aromatic rings. The molecule has 0 aliphatic carbocycles. The van der Waals surface area contributed by atoms with Crippen molar-refractivity contribution in [2.24, 2.45) is 5.41 Å². The van der Waals surface area contributed by atoms with Crippen molar-refractivity contribution in [1.29, 1.82) is 0 Å². The number of hydrogen-bond donors (Lipinski definition) is 2.